The summed E-state index contributed by atoms with van der Waals surface area (Å²) < 4.78 is 12.2. The minimum atomic E-state index is -2.33. The van der Waals surface area contributed by atoms with Gasteiger partial charge in [-0.1, -0.05) is 13.8 Å². The molecule has 0 aromatic heterocycles. The fourth-order valence-corrected chi connectivity index (χ4v) is 5.32. The van der Waals surface area contributed by atoms with Gasteiger partial charge in [-0.05, 0) is 54.1 Å². The van der Waals surface area contributed by atoms with E-state index < -0.39 is 8.72 Å². The predicted octanol–water partition coefficient (Wildman–Crippen LogP) is 3.18. The smallest absolute Gasteiger partial charge is 0.378 e. The zero-order valence-electron chi connectivity index (χ0n) is 12.4. The van der Waals surface area contributed by atoms with E-state index >= 15 is 0 Å². The summed E-state index contributed by atoms with van der Waals surface area (Å²) in [4.78, 5) is 3.46. The summed E-state index contributed by atoms with van der Waals surface area (Å²) in [6.07, 6.45) is 0. The minimum Gasteiger partial charge on any atom is -0.378 e. The lowest BCUT2D eigenvalue weighted by atomic mass is 10.2. The standard InChI is InChI=1S/C12H29NO2Si/c1-10(2)13-16(9,14-11(3,4)5)15-12(6,7)8/h10,13H,1-9H3. The molecule has 0 atom stereocenters. The van der Waals surface area contributed by atoms with Crippen molar-refractivity contribution in [1.82, 2.24) is 4.98 Å². The van der Waals surface area contributed by atoms with Gasteiger partial charge in [0.2, 0.25) is 0 Å². The second-order valence-corrected chi connectivity index (χ2v) is 9.26. The van der Waals surface area contributed by atoms with E-state index in [-0.39, 0.29) is 11.2 Å². The molecule has 0 aliphatic heterocycles. The van der Waals surface area contributed by atoms with Crippen LogP contribution in [-0.2, 0) is 8.85 Å². The van der Waals surface area contributed by atoms with Crippen molar-refractivity contribution in [3.63, 3.8) is 0 Å². The summed E-state index contributed by atoms with van der Waals surface area (Å²) in [5, 5.41) is 0. The highest BCUT2D eigenvalue weighted by atomic mass is 28.4. The van der Waals surface area contributed by atoms with Crippen LogP contribution in [0.3, 0.4) is 0 Å². The van der Waals surface area contributed by atoms with Crippen LogP contribution in [0.4, 0.5) is 0 Å². The molecule has 0 aliphatic rings. The molecule has 0 aliphatic carbocycles. The Hall–Kier alpha value is 0.0969. The Morgan fingerprint density at radius 2 is 1.19 bits per heavy atom. The zero-order valence-corrected chi connectivity index (χ0v) is 13.4. The van der Waals surface area contributed by atoms with Gasteiger partial charge in [0.05, 0.1) is 11.2 Å². The molecule has 0 amide bonds. The molecule has 0 saturated heterocycles. The Balaban J connectivity index is 4.75. The Morgan fingerprint density at radius 1 is 0.875 bits per heavy atom. The van der Waals surface area contributed by atoms with E-state index in [1.54, 1.807) is 0 Å². The summed E-state index contributed by atoms with van der Waals surface area (Å²) >= 11 is 0. The average molecular weight is 247 g/mol. The van der Waals surface area contributed by atoms with Crippen molar-refractivity contribution in [2.24, 2.45) is 0 Å². The third-order valence-corrected chi connectivity index (χ3v) is 4.66. The van der Waals surface area contributed by atoms with Crippen molar-refractivity contribution >= 4 is 8.72 Å². The number of hydrogen-bond acceptors (Lipinski definition) is 3. The van der Waals surface area contributed by atoms with Crippen molar-refractivity contribution < 1.29 is 8.85 Å². The van der Waals surface area contributed by atoms with E-state index in [4.69, 9.17) is 8.85 Å². The molecular formula is C12H29NO2Si. The molecule has 0 aromatic carbocycles. The second kappa shape index (κ2) is 5.17. The normalized spacial score (nSPS) is 14.6. The van der Waals surface area contributed by atoms with Crippen LogP contribution in [0.1, 0.15) is 55.4 Å². The maximum absolute atomic E-state index is 6.12. The summed E-state index contributed by atoms with van der Waals surface area (Å²) in [7, 11) is -2.33. The van der Waals surface area contributed by atoms with Crippen LogP contribution in [0.25, 0.3) is 0 Å². The molecule has 0 rings (SSSR count). The van der Waals surface area contributed by atoms with Crippen LogP contribution in [0, 0.1) is 0 Å². The third-order valence-electron chi connectivity index (χ3n) is 1.55. The lowest BCUT2D eigenvalue weighted by molar-refractivity contribution is 0.0101. The molecule has 0 bridgehead atoms. The van der Waals surface area contributed by atoms with Gasteiger partial charge in [0.15, 0.2) is 0 Å². The average Bonchev–Trinajstić information content (AvgIpc) is 1.69. The Morgan fingerprint density at radius 3 is 1.38 bits per heavy atom. The highest BCUT2D eigenvalue weighted by molar-refractivity contribution is 6.63. The van der Waals surface area contributed by atoms with Gasteiger partial charge < -0.3 is 8.85 Å². The molecule has 3 nitrogen and oxygen atoms in total. The van der Waals surface area contributed by atoms with Crippen LogP contribution in [-0.4, -0.2) is 26.0 Å². The molecule has 0 saturated carbocycles. The van der Waals surface area contributed by atoms with Gasteiger partial charge in [-0.3, -0.25) is 4.98 Å². The lowest BCUT2D eigenvalue weighted by Crippen LogP contribution is -2.61. The first-order valence-corrected chi connectivity index (χ1v) is 8.33. The molecule has 0 heterocycles. The molecule has 98 valence electrons. The lowest BCUT2D eigenvalue weighted by Gasteiger charge is -2.39. The monoisotopic (exact) mass is 247 g/mol. The van der Waals surface area contributed by atoms with Crippen molar-refractivity contribution in [3.05, 3.63) is 0 Å². The predicted molar refractivity (Wildman–Crippen MR) is 71.6 cm³/mol. The van der Waals surface area contributed by atoms with Crippen molar-refractivity contribution in [2.45, 2.75) is 79.2 Å². The maximum Gasteiger partial charge on any atom is 0.422 e. The molecule has 4 heteroatoms. The van der Waals surface area contributed by atoms with Crippen LogP contribution < -0.4 is 4.98 Å². The Bertz CT molecular complexity index is 200. The van der Waals surface area contributed by atoms with Crippen LogP contribution in [0.2, 0.25) is 6.55 Å². The molecule has 0 fully saturated rings. The molecule has 16 heavy (non-hydrogen) atoms. The van der Waals surface area contributed by atoms with Gasteiger partial charge in [0.25, 0.3) is 0 Å². The van der Waals surface area contributed by atoms with E-state index in [9.17, 15) is 0 Å². The fraction of sp³-hybridized carbons (Fsp3) is 1.00. The number of nitrogens with one attached hydrogen (secondary N) is 1. The van der Waals surface area contributed by atoms with Crippen molar-refractivity contribution in [3.8, 4) is 0 Å². The minimum absolute atomic E-state index is 0.186. The van der Waals surface area contributed by atoms with Gasteiger partial charge >= 0.3 is 8.72 Å². The van der Waals surface area contributed by atoms with Gasteiger partial charge in [-0.25, -0.2) is 0 Å². The quantitative estimate of drug-likeness (QED) is 0.774. The van der Waals surface area contributed by atoms with E-state index in [1.807, 2.05) is 0 Å². The number of hydrogen-bond donors (Lipinski definition) is 1. The fourth-order valence-electron chi connectivity index (χ4n) is 1.77. The summed E-state index contributed by atoms with van der Waals surface area (Å²) in [6.45, 7) is 18.7. The van der Waals surface area contributed by atoms with E-state index in [0.717, 1.165) is 0 Å². The summed E-state index contributed by atoms with van der Waals surface area (Å²) in [6, 6.07) is 0.362. The highest BCUT2D eigenvalue weighted by Gasteiger charge is 2.40. The van der Waals surface area contributed by atoms with Gasteiger partial charge in [-0.15, -0.1) is 0 Å². The first-order chi connectivity index (χ1) is 6.83. The number of rotatable bonds is 4. The molecule has 0 aromatic rings. The van der Waals surface area contributed by atoms with Gasteiger partial charge in [0, 0.05) is 0 Å². The Kier molecular flexibility index (Phi) is 5.20. The molecule has 0 spiro atoms. The first-order valence-electron chi connectivity index (χ1n) is 6.01. The Labute approximate surface area is 102 Å². The first kappa shape index (κ1) is 16.1. The topological polar surface area (TPSA) is 30.5 Å². The molecule has 0 unspecified atom stereocenters. The zero-order chi connectivity index (χ0) is 13.2. The van der Waals surface area contributed by atoms with Crippen LogP contribution >= 0.6 is 0 Å². The van der Waals surface area contributed by atoms with E-state index in [1.165, 1.54) is 0 Å². The molecular weight excluding hydrogens is 218 g/mol. The van der Waals surface area contributed by atoms with Crippen molar-refractivity contribution in [2.75, 3.05) is 0 Å². The summed E-state index contributed by atoms with van der Waals surface area (Å²) in [5.74, 6) is 0. The van der Waals surface area contributed by atoms with Crippen LogP contribution in [0.15, 0.2) is 0 Å². The SMILES string of the molecule is CC(C)N[Si](C)(OC(C)(C)C)OC(C)(C)C. The van der Waals surface area contributed by atoms with Crippen LogP contribution in [0.5, 0.6) is 0 Å². The maximum atomic E-state index is 6.12. The van der Waals surface area contributed by atoms with E-state index in [2.05, 4.69) is 66.9 Å². The molecule has 0 radical (unpaired) electrons. The van der Waals surface area contributed by atoms with Gasteiger partial charge in [-0.2, -0.15) is 0 Å². The molecule has 1 N–H and O–H groups in total. The largest absolute Gasteiger partial charge is 0.422 e. The third kappa shape index (κ3) is 8.27. The van der Waals surface area contributed by atoms with Gasteiger partial charge in [0.1, 0.15) is 0 Å². The second-order valence-electron chi connectivity index (χ2n) is 6.67. The highest BCUT2D eigenvalue weighted by Crippen LogP contribution is 2.21. The van der Waals surface area contributed by atoms with Crippen molar-refractivity contribution in [1.29, 1.82) is 0 Å². The van der Waals surface area contributed by atoms with E-state index in [0.29, 0.717) is 6.04 Å². The summed E-state index contributed by atoms with van der Waals surface area (Å²) in [5.41, 5.74) is -0.373.